The lowest BCUT2D eigenvalue weighted by molar-refractivity contribution is 0.270. The average molecular weight is 343 g/mol. The van der Waals surface area contributed by atoms with Crippen molar-refractivity contribution in [3.8, 4) is 0 Å². The van der Waals surface area contributed by atoms with E-state index in [1.807, 2.05) is 12.3 Å². The van der Waals surface area contributed by atoms with Crippen LogP contribution in [-0.2, 0) is 6.61 Å². The lowest BCUT2D eigenvalue weighted by atomic mass is 9.89. The molecule has 5 nitrogen and oxygen atoms in total. The van der Waals surface area contributed by atoms with Crippen LogP contribution in [0.4, 0.5) is 5.69 Å². The third-order valence-corrected chi connectivity index (χ3v) is 5.18. The summed E-state index contributed by atoms with van der Waals surface area (Å²) in [5.74, 6) is 1.11. The number of aliphatic hydroxyl groups excluding tert-OH is 1. The fourth-order valence-corrected chi connectivity index (χ4v) is 3.81. The molecule has 0 amide bonds. The van der Waals surface area contributed by atoms with Gasteiger partial charge in [0.05, 0.1) is 5.69 Å². The van der Waals surface area contributed by atoms with Crippen molar-refractivity contribution in [1.29, 1.82) is 0 Å². The number of rotatable bonds is 3. The van der Waals surface area contributed by atoms with E-state index in [4.69, 9.17) is 11.6 Å². The van der Waals surface area contributed by atoms with E-state index < -0.39 is 0 Å². The zero-order chi connectivity index (χ0) is 16.5. The van der Waals surface area contributed by atoms with E-state index >= 15 is 0 Å². The fourth-order valence-electron chi connectivity index (χ4n) is 3.49. The number of piperidine rings is 1. The van der Waals surface area contributed by atoms with Gasteiger partial charge >= 0.3 is 0 Å². The average Bonchev–Trinajstić information content (AvgIpc) is 3.07. The number of nitrogens with zero attached hydrogens (tertiary/aromatic N) is 4. The SMILES string of the molecule is OCc1nnc2c(Cl)c(N3CCC(c4ccccc4)CC3)ccn12. The Balaban J connectivity index is 1.55. The van der Waals surface area contributed by atoms with Crippen LogP contribution in [0.2, 0.25) is 5.02 Å². The van der Waals surface area contributed by atoms with Crippen LogP contribution in [0.1, 0.15) is 30.1 Å². The van der Waals surface area contributed by atoms with Gasteiger partial charge < -0.3 is 10.0 Å². The van der Waals surface area contributed by atoms with E-state index in [0.29, 0.717) is 22.4 Å². The van der Waals surface area contributed by atoms with Gasteiger partial charge in [0, 0.05) is 19.3 Å². The predicted molar refractivity (Wildman–Crippen MR) is 94.5 cm³/mol. The quantitative estimate of drug-likeness (QED) is 0.793. The van der Waals surface area contributed by atoms with Crippen molar-refractivity contribution in [3.63, 3.8) is 0 Å². The fraction of sp³-hybridized carbons (Fsp3) is 0.333. The molecule has 0 unspecified atom stereocenters. The minimum absolute atomic E-state index is 0.153. The molecule has 1 aromatic carbocycles. The second-order valence-electron chi connectivity index (χ2n) is 6.15. The molecule has 1 saturated heterocycles. The van der Waals surface area contributed by atoms with Gasteiger partial charge in [0.1, 0.15) is 11.6 Å². The number of aliphatic hydroxyl groups is 1. The minimum atomic E-state index is -0.153. The van der Waals surface area contributed by atoms with Gasteiger partial charge in [-0.3, -0.25) is 4.40 Å². The number of fused-ring (bicyclic) bond motifs is 1. The smallest absolute Gasteiger partial charge is 0.181 e. The monoisotopic (exact) mass is 342 g/mol. The first kappa shape index (κ1) is 15.4. The van der Waals surface area contributed by atoms with E-state index in [-0.39, 0.29) is 6.61 Å². The van der Waals surface area contributed by atoms with Gasteiger partial charge in [-0.2, -0.15) is 0 Å². The number of hydrogen-bond donors (Lipinski definition) is 1. The van der Waals surface area contributed by atoms with E-state index in [2.05, 4.69) is 45.4 Å². The maximum atomic E-state index is 9.29. The molecule has 3 aromatic rings. The van der Waals surface area contributed by atoms with Crippen LogP contribution in [-0.4, -0.2) is 32.8 Å². The molecular formula is C18H19ClN4O. The van der Waals surface area contributed by atoms with Gasteiger partial charge in [0.2, 0.25) is 0 Å². The van der Waals surface area contributed by atoms with Gasteiger partial charge in [-0.1, -0.05) is 41.9 Å². The lowest BCUT2D eigenvalue weighted by Crippen LogP contribution is -2.33. The summed E-state index contributed by atoms with van der Waals surface area (Å²) in [6.07, 6.45) is 4.10. The summed E-state index contributed by atoms with van der Waals surface area (Å²) >= 11 is 6.55. The number of halogens is 1. The third kappa shape index (κ3) is 2.64. The molecule has 124 valence electrons. The third-order valence-electron chi connectivity index (χ3n) is 4.82. The Morgan fingerprint density at radius 1 is 1.08 bits per heavy atom. The first-order valence-corrected chi connectivity index (χ1v) is 8.58. The Hall–Kier alpha value is -2.11. The highest BCUT2D eigenvalue weighted by Gasteiger charge is 2.23. The molecule has 1 aliphatic rings. The van der Waals surface area contributed by atoms with Crippen molar-refractivity contribution in [2.75, 3.05) is 18.0 Å². The van der Waals surface area contributed by atoms with Gasteiger partial charge in [-0.05, 0) is 30.4 Å². The van der Waals surface area contributed by atoms with E-state index in [0.717, 1.165) is 31.6 Å². The number of benzene rings is 1. The molecule has 0 saturated carbocycles. The van der Waals surface area contributed by atoms with Crippen molar-refractivity contribution >= 4 is 22.9 Å². The van der Waals surface area contributed by atoms with Gasteiger partial charge in [0.15, 0.2) is 11.5 Å². The molecule has 1 fully saturated rings. The van der Waals surface area contributed by atoms with Crippen LogP contribution in [0, 0.1) is 0 Å². The molecule has 0 radical (unpaired) electrons. The Kier molecular flexibility index (Phi) is 4.12. The molecular weight excluding hydrogens is 324 g/mol. The normalized spacial score (nSPS) is 16.0. The molecule has 1 N–H and O–H groups in total. The standard InChI is InChI=1S/C18H19ClN4O/c19-17-15(8-11-23-16(12-24)20-21-18(17)23)22-9-6-14(7-10-22)13-4-2-1-3-5-13/h1-5,8,11,14,24H,6-7,9-10,12H2. The summed E-state index contributed by atoms with van der Waals surface area (Å²) in [5.41, 5.74) is 3.01. The number of pyridine rings is 1. The molecule has 3 heterocycles. The van der Waals surface area contributed by atoms with Crippen LogP contribution in [0.5, 0.6) is 0 Å². The van der Waals surface area contributed by atoms with Crippen molar-refractivity contribution in [2.45, 2.75) is 25.4 Å². The topological polar surface area (TPSA) is 53.7 Å². The number of anilines is 1. The summed E-state index contributed by atoms with van der Waals surface area (Å²) in [7, 11) is 0. The van der Waals surface area contributed by atoms with Crippen molar-refractivity contribution in [1.82, 2.24) is 14.6 Å². The van der Waals surface area contributed by atoms with E-state index in [1.165, 1.54) is 5.56 Å². The molecule has 0 spiro atoms. The highest BCUT2D eigenvalue weighted by molar-refractivity contribution is 6.36. The van der Waals surface area contributed by atoms with Crippen LogP contribution in [0.3, 0.4) is 0 Å². The maximum absolute atomic E-state index is 9.29. The van der Waals surface area contributed by atoms with Crippen LogP contribution >= 0.6 is 11.6 Å². The van der Waals surface area contributed by atoms with Gasteiger partial charge in [-0.25, -0.2) is 0 Å². The van der Waals surface area contributed by atoms with E-state index in [9.17, 15) is 5.11 Å². The van der Waals surface area contributed by atoms with Gasteiger partial charge in [0.25, 0.3) is 0 Å². The largest absolute Gasteiger partial charge is 0.388 e. The minimum Gasteiger partial charge on any atom is -0.388 e. The molecule has 2 aromatic heterocycles. The van der Waals surface area contributed by atoms with Crippen molar-refractivity contribution in [3.05, 3.63) is 59.0 Å². The molecule has 6 heteroatoms. The Morgan fingerprint density at radius 2 is 1.83 bits per heavy atom. The second-order valence-corrected chi connectivity index (χ2v) is 6.53. The molecule has 24 heavy (non-hydrogen) atoms. The summed E-state index contributed by atoms with van der Waals surface area (Å²) in [5, 5.41) is 18.0. The lowest BCUT2D eigenvalue weighted by Gasteiger charge is -2.34. The Bertz CT molecular complexity index is 841. The molecule has 4 rings (SSSR count). The predicted octanol–water partition coefficient (Wildman–Crippen LogP) is 3.26. The molecule has 1 aliphatic heterocycles. The number of hydrogen-bond acceptors (Lipinski definition) is 4. The van der Waals surface area contributed by atoms with E-state index in [1.54, 1.807) is 4.40 Å². The Morgan fingerprint density at radius 3 is 2.54 bits per heavy atom. The number of aromatic nitrogens is 3. The van der Waals surface area contributed by atoms with Crippen molar-refractivity contribution in [2.24, 2.45) is 0 Å². The van der Waals surface area contributed by atoms with Crippen LogP contribution in [0.15, 0.2) is 42.6 Å². The molecule has 0 bridgehead atoms. The highest BCUT2D eigenvalue weighted by Crippen LogP contribution is 2.35. The maximum Gasteiger partial charge on any atom is 0.181 e. The first-order chi connectivity index (χ1) is 11.8. The summed E-state index contributed by atoms with van der Waals surface area (Å²) in [6, 6.07) is 12.7. The summed E-state index contributed by atoms with van der Waals surface area (Å²) in [6.45, 7) is 1.78. The zero-order valence-corrected chi connectivity index (χ0v) is 14.0. The molecule has 0 atom stereocenters. The Labute approximate surface area is 145 Å². The van der Waals surface area contributed by atoms with Gasteiger partial charge in [-0.15, -0.1) is 10.2 Å². The second kappa shape index (κ2) is 6.42. The van der Waals surface area contributed by atoms with Crippen LogP contribution in [0.25, 0.3) is 5.65 Å². The first-order valence-electron chi connectivity index (χ1n) is 8.21. The van der Waals surface area contributed by atoms with Crippen LogP contribution < -0.4 is 4.90 Å². The zero-order valence-electron chi connectivity index (χ0n) is 13.3. The highest BCUT2D eigenvalue weighted by atomic mass is 35.5. The van der Waals surface area contributed by atoms with Crippen molar-refractivity contribution < 1.29 is 5.11 Å². The molecule has 0 aliphatic carbocycles. The summed E-state index contributed by atoms with van der Waals surface area (Å²) in [4.78, 5) is 2.31. The summed E-state index contributed by atoms with van der Waals surface area (Å²) < 4.78 is 1.74.